The van der Waals surface area contributed by atoms with E-state index in [1.54, 1.807) is 0 Å². The number of hydrogen-bond acceptors (Lipinski definition) is 2. The summed E-state index contributed by atoms with van der Waals surface area (Å²) in [6, 6.07) is -0.124. The van der Waals surface area contributed by atoms with E-state index in [2.05, 4.69) is 19.2 Å². The minimum atomic E-state index is -0.849. The molecule has 0 saturated carbocycles. The summed E-state index contributed by atoms with van der Waals surface area (Å²) >= 11 is 0. The van der Waals surface area contributed by atoms with Crippen molar-refractivity contribution < 1.29 is 14.7 Å². The van der Waals surface area contributed by atoms with Gasteiger partial charge in [0.15, 0.2) is 0 Å². The predicted molar refractivity (Wildman–Crippen MR) is 78.6 cm³/mol. The number of amides is 2. The number of carboxylic acids is 1. The van der Waals surface area contributed by atoms with Crippen molar-refractivity contribution in [2.45, 2.75) is 47.0 Å². The van der Waals surface area contributed by atoms with Crippen LogP contribution in [0.3, 0.4) is 0 Å². The second-order valence-electron chi connectivity index (χ2n) is 6.25. The van der Waals surface area contributed by atoms with Crippen molar-refractivity contribution >= 4 is 12.0 Å². The third kappa shape index (κ3) is 3.87. The minimum Gasteiger partial charge on any atom is -0.481 e. The number of likely N-dealkylation sites (tertiary alicyclic amines) is 1. The Morgan fingerprint density at radius 1 is 1.30 bits per heavy atom. The number of carbonyl (C=O) groups excluding carboxylic acids is 1. The third-order valence-electron chi connectivity index (χ3n) is 4.82. The Hall–Kier alpha value is -1.26. The van der Waals surface area contributed by atoms with Gasteiger partial charge in [0.05, 0.1) is 5.92 Å². The molecule has 0 aromatic heterocycles. The molecule has 0 aromatic carbocycles. The lowest BCUT2D eigenvalue weighted by atomic mass is 9.82. The summed E-state index contributed by atoms with van der Waals surface area (Å²) in [5.74, 6) is -1.36. The van der Waals surface area contributed by atoms with Gasteiger partial charge in [-0.2, -0.15) is 0 Å². The standard InChI is InChI=1S/C15H28N2O3/c1-5-15(6-2)7-8-17(10-15)14(20)16-9-12(11(3)4)13(18)19/h11-12H,5-10H2,1-4H3,(H,16,20)(H,18,19). The molecule has 0 spiro atoms. The van der Waals surface area contributed by atoms with Crippen LogP contribution in [0.1, 0.15) is 47.0 Å². The first-order valence-corrected chi connectivity index (χ1v) is 7.60. The minimum absolute atomic E-state index is 0.0109. The summed E-state index contributed by atoms with van der Waals surface area (Å²) in [5.41, 5.74) is 0.252. The Bertz CT molecular complexity index is 351. The van der Waals surface area contributed by atoms with Gasteiger partial charge < -0.3 is 15.3 Å². The number of carboxylic acid groups (broad SMARTS) is 1. The molecule has 1 aliphatic rings. The quantitative estimate of drug-likeness (QED) is 0.787. The van der Waals surface area contributed by atoms with Crippen LogP contribution in [-0.4, -0.2) is 41.6 Å². The van der Waals surface area contributed by atoms with Crippen molar-refractivity contribution in [2.75, 3.05) is 19.6 Å². The van der Waals surface area contributed by atoms with Crippen LogP contribution in [0.2, 0.25) is 0 Å². The molecule has 0 radical (unpaired) electrons. The number of rotatable bonds is 6. The number of hydrogen-bond donors (Lipinski definition) is 2. The van der Waals surface area contributed by atoms with Crippen LogP contribution < -0.4 is 5.32 Å². The number of carbonyl (C=O) groups is 2. The molecule has 0 aliphatic carbocycles. The van der Waals surface area contributed by atoms with Crippen LogP contribution in [0.25, 0.3) is 0 Å². The van der Waals surface area contributed by atoms with Crippen molar-refractivity contribution in [3.05, 3.63) is 0 Å². The zero-order chi connectivity index (χ0) is 15.3. The van der Waals surface area contributed by atoms with Gasteiger partial charge in [0.25, 0.3) is 0 Å². The lowest BCUT2D eigenvalue weighted by Gasteiger charge is -2.26. The number of aliphatic carboxylic acids is 1. The molecule has 0 aromatic rings. The van der Waals surface area contributed by atoms with Gasteiger partial charge in [-0.25, -0.2) is 4.79 Å². The van der Waals surface area contributed by atoms with E-state index in [0.717, 1.165) is 32.4 Å². The van der Waals surface area contributed by atoms with Gasteiger partial charge in [0, 0.05) is 19.6 Å². The molecule has 1 atom stereocenters. The molecule has 20 heavy (non-hydrogen) atoms. The molecular weight excluding hydrogens is 256 g/mol. The van der Waals surface area contributed by atoms with Crippen LogP contribution in [0.5, 0.6) is 0 Å². The summed E-state index contributed by atoms with van der Waals surface area (Å²) in [6.07, 6.45) is 3.20. The summed E-state index contributed by atoms with van der Waals surface area (Å²) in [4.78, 5) is 25.1. The van der Waals surface area contributed by atoms with Gasteiger partial charge in [-0.1, -0.05) is 27.7 Å². The largest absolute Gasteiger partial charge is 0.481 e. The fourth-order valence-electron chi connectivity index (χ4n) is 2.85. The van der Waals surface area contributed by atoms with Crippen molar-refractivity contribution in [1.29, 1.82) is 0 Å². The van der Waals surface area contributed by atoms with E-state index in [4.69, 9.17) is 5.11 Å². The summed E-state index contributed by atoms with van der Waals surface area (Å²) < 4.78 is 0. The molecule has 5 nitrogen and oxygen atoms in total. The van der Waals surface area contributed by atoms with Crippen molar-refractivity contribution in [3.8, 4) is 0 Å². The normalized spacial score (nSPS) is 19.1. The van der Waals surface area contributed by atoms with E-state index in [1.165, 1.54) is 0 Å². The van der Waals surface area contributed by atoms with E-state index < -0.39 is 11.9 Å². The van der Waals surface area contributed by atoms with E-state index in [-0.39, 0.29) is 23.9 Å². The zero-order valence-electron chi connectivity index (χ0n) is 13.1. The maximum Gasteiger partial charge on any atom is 0.317 e. The Balaban J connectivity index is 2.50. The van der Waals surface area contributed by atoms with E-state index >= 15 is 0 Å². The van der Waals surface area contributed by atoms with E-state index in [0.29, 0.717) is 0 Å². The monoisotopic (exact) mass is 284 g/mol. The van der Waals surface area contributed by atoms with Gasteiger partial charge in [0.1, 0.15) is 0 Å². The highest BCUT2D eigenvalue weighted by Gasteiger charge is 2.37. The van der Waals surface area contributed by atoms with E-state index in [9.17, 15) is 9.59 Å². The SMILES string of the molecule is CCC1(CC)CCN(C(=O)NCC(C(=O)O)C(C)C)C1. The van der Waals surface area contributed by atoms with Crippen LogP contribution in [0.4, 0.5) is 4.79 Å². The molecular formula is C15H28N2O3. The van der Waals surface area contributed by atoms with Crippen LogP contribution >= 0.6 is 0 Å². The smallest absolute Gasteiger partial charge is 0.317 e. The summed E-state index contributed by atoms with van der Waals surface area (Å²) in [5, 5.41) is 11.9. The van der Waals surface area contributed by atoms with Gasteiger partial charge in [0.2, 0.25) is 0 Å². The Labute approximate surface area is 121 Å². The number of nitrogens with one attached hydrogen (secondary N) is 1. The first-order chi connectivity index (χ1) is 9.35. The fraction of sp³-hybridized carbons (Fsp3) is 0.867. The molecule has 2 N–H and O–H groups in total. The first-order valence-electron chi connectivity index (χ1n) is 7.60. The molecule has 1 aliphatic heterocycles. The van der Waals surface area contributed by atoms with Crippen LogP contribution in [0, 0.1) is 17.3 Å². The molecule has 1 rings (SSSR count). The molecule has 1 heterocycles. The Morgan fingerprint density at radius 3 is 2.30 bits per heavy atom. The zero-order valence-corrected chi connectivity index (χ0v) is 13.1. The lowest BCUT2D eigenvalue weighted by molar-refractivity contribution is -0.142. The number of urea groups is 1. The van der Waals surface area contributed by atoms with Gasteiger partial charge in [-0.15, -0.1) is 0 Å². The van der Waals surface area contributed by atoms with Crippen molar-refractivity contribution in [3.63, 3.8) is 0 Å². The molecule has 1 fully saturated rings. The molecule has 1 unspecified atom stereocenters. The van der Waals surface area contributed by atoms with Gasteiger partial charge >= 0.3 is 12.0 Å². The van der Waals surface area contributed by atoms with Gasteiger partial charge in [-0.3, -0.25) is 4.79 Å². The second kappa shape index (κ2) is 6.95. The fourth-order valence-corrected chi connectivity index (χ4v) is 2.85. The highest BCUT2D eigenvalue weighted by Crippen LogP contribution is 2.36. The van der Waals surface area contributed by atoms with Crippen LogP contribution in [-0.2, 0) is 4.79 Å². The highest BCUT2D eigenvalue weighted by atomic mass is 16.4. The maximum absolute atomic E-state index is 12.1. The van der Waals surface area contributed by atoms with Gasteiger partial charge in [-0.05, 0) is 30.6 Å². The molecule has 5 heteroatoms. The predicted octanol–water partition coefficient (Wildman–Crippen LogP) is 2.56. The van der Waals surface area contributed by atoms with Crippen LogP contribution in [0.15, 0.2) is 0 Å². The van der Waals surface area contributed by atoms with Crippen molar-refractivity contribution in [1.82, 2.24) is 10.2 Å². The molecule has 1 saturated heterocycles. The average molecular weight is 284 g/mol. The lowest BCUT2D eigenvalue weighted by Crippen LogP contribution is -2.43. The summed E-state index contributed by atoms with van der Waals surface area (Å²) in [7, 11) is 0. The Kier molecular flexibility index (Phi) is 5.84. The third-order valence-corrected chi connectivity index (χ3v) is 4.82. The van der Waals surface area contributed by atoms with Crippen molar-refractivity contribution in [2.24, 2.45) is 17.3 Å². The topological polar surface area (TPSA) is 69.6 Å². The molecule has 0 bridgehead atoms. The maximum atomic E-state index is 12.1. The second-order valence-corrected chi connectivity index (χ2v) is 6.25. The molecule has 116 valence electrons. The summed E-state index contributed by atoms with van der Waals surface area (Å²) in [6.45, 7) is 9.82. The van der Waals surface area contributed by atoms with E-state index in [1.807, 2.05) is 18.7 Å². The average Bonchev–Trinajstić information content (AvgIpc) is 2.83. The molecule has 2 amide bonds. The highest BCUT2D eigenvalue weighted by molar-refractivity contribution is 5.76. The first kappa shape index (κ1) is 16.8. The Morgan fingerprint density at radius 2 is 1.90 bits per heavy atom. The number of nitrogens with zero attached hydrogens (tertiary/aromatic N) is 1.